The molecule has 0 bridgehead atoms. The summed E-state index contributed by atoms with van der Waals surface area (Å²) in [6.07, 6.45) is 0. The van der Waals surface area contributed by atoms with E-state index in [1.54, 1.807) is 14.2 Å². The van der Waals surface area contributed by atoms with Crippen molar-refractivity contribution in [3.63, 3.8) is 0 Å². The largest absolute Gasteiger partial charge is 0.497 e. The summed E-state index contributed by atoms with van der Waals surface area (Å²) in [5.41, 5.74) is 5.79. The smallest absolute Gasteiger partial charge is 0.319 e. The van der Waals surface area contributed by atoms with Crippen molar-refractivity contribution >= 4 is 22.6 Å². The van der Waals surface area contributed by atoms with Crippen LogP contribution in [0.5, 0.6) is 5.75 Å². The lowest BCUT2D eigenvalue weighted by molar-refractivity contribution is 0.159. The van der Waals surface area contributed by atoms with Crippen LogP contribution in [-0.2, 0) is 11.3 Å². The van der Waals surface area contributed by atoms with E-state index in [9.17, 15) is 4.79 Å². The average Bonchev–Trinajstić information content (AvgIpc) is 3.63. The first-order chi connectivity index (χ1) is 21.1. The maximum Gasteiger partial charge on any atom is 0.319 e. The molecule has 8 nitrogen and oxygen atoms in total. The maximum absolute atomic E-state index is 13.6. The van der Waals surface area contributed by atoms with Crippen molar-refractivity contribution in [3.8, 4) is 17.0 Å². The van der Waals surface area contributed by atoms with Gasteiger partial charge in [0.1, 0.15) is 11.4 Å². The van der Waals surface area contributed by atoms with E-state index >= 15 is 0 Å². The van der Waals surface area contributed by atoms with Crippen LogP contribution in [0.1, 0.15) is 17.0 Å². The van der Waals surface area contributed by atoms with E-state index in [1.807, 2.05) is 65.3 Å². The molecule has 6 rings (SSSR count). The van der Waals surface area contributed by atoms with Crippen molar-refractivity contribution in [2.24, 2.45) is 0 Å². The van der Waals surface area contributed by atoms with Crippen LogP contribution in [0.3, 0.4) is 0 Å². The van der Waals surface area contributed by atoms with Crippen LogP contribution in [-0.4, -0.2) is 67.2 Å². The van der Waals surface area contributed by atoms with Crippen molar-refractivity contribution in [3.05, 3.63) is 114 Å². The molecule has 1 saturated heterocycles. The second-order valence-corrected chi connectivity index (χ2v) is 10.9. The SMILES string of the molecule is COCCN1C[C@@H](NC(=O)Nc2cccc3c(-c4ccccc4)nn(Cc4ccc(OC)cc4)c23)[C@H](c2ccccc2)C1. The van der Waals surface area contributed by atoms with E-state index in [0.717, 1.165) is 53.1 Å². The topological polar surface area (TPSA) is 80.7 Å². The number of hydrogen-bond donors (Lipinski definition) is 2. The Morgan fingerprint density at radius 2 is 1.63 bits per heavy atom. The van der Waals surface area contributed by atoms with Crippen LogP contribution >= 0.6 is 0 Å². The minimum absolute atomic E-state index is 0.0393. The van der Waals surface area contributed by atoms with E-state index in [0.29, 0.717) is 18.8 Å². The molecule has 0 radical (unpaired) electrons. The van der Waals surface area contributed by atoms with Gasteiger partial charge in [-0.2, -0.15) is 5.10 Å². The number of carbonyl (C=O) groups is 1. The molecule has 8 heteroatoms. The number of carbonyl (C=O) groups excluding carboxylic acids is 1. The maximum atomic E-state index is 13.6. The Labute approximate surface area is 252 Å². The summed E-state index contributed by atoms with van der Waals surface area (Å²) < 4.78 is 12.6. The van der Waals surface area contributed by atoms with Gasteiger partial charge in [-0.25, -0.2) is 4.79 Å². The summed E-state index contributed by atoms with van der Waals surface area (Å²) in [6.45, 7) is 3.65. The van der Waals surface area contributed by atoms with E-state index in [4.69, 9.17) is 14.6 Å². The molecule has 2 amide bonds. The van der Waals surface area contributed by atoms with Crippen LogP contribution in [0.15, 0.2) is 103 Å². The van der Waals surface area contributed by atoms with Gasteiger partial charge in [-0.1, -0.05) is 84.9 Å². The summed E-state index contributed by atoms with van der Waals surface area (Å²) >= 11 is 0. The predicted octanol–water partition coefficient (Wildman–Crippen LogP) is 6.00. The average molecular weight is 576 g/mol. The zero-order valence-electron chi connectivity index (χ0n) is 24.6. The zero-order valence-corrected chi connectivity index (χ0v) is 24.6. The Morgan fingerprint density at radius 1 is 0.884 bits per heavy atom. The van der Waals surface area contributed by atoms with Gasteiger partial charge in [-0.05, 0) is 29.3 Å². The Morgan fingerprint density at radius 3 is 2.35 bits per heavy atom. The van der Waals surface area contributed by atoms with Gasteiger partial charge in [0.2, 0.25) is 0 Å². The third-order valence-electron chi connectivity index (χ3n) is 8.11. The Hall–Kier alpha value is -4.66. The van der Waals surface area contributed by atoms with Gasteiger partial charge in [0, 0.05) is 43.6 Å². The van der Waals surface area contributed by atoms with E-state index in [2.05, 4.69) is 58.0 Å². The van der Waals surface area contributed by atoms with Crippen molar-refractivity contribution in [2.75, 3.05) is 45.8 Å². The van der Waals surface area contributed by atoms with Gasteiger partial charge in [0.15, 0.2) is 0 Å². The van der Waals surface area contributed by atoms with Crippen LogP contribution in [0.2, 0.25) is 0 Å². The highest BCUT2D eigenvalue weighted by atomic mass is 16.5. The molecule has 0 aliphatic carbocycles. The molecule has 1 aliphatic rings. The molecule has 1 fully saturated rings. The molecule has 2 N–H and O–H groups in total. The van der Waals surface area contributed by atoms with Gasteiger partial charge >= 0.3 is 6.03 Å². The molecule has 1 aromatic heterocycles. The number of likely N-dealkylation sites (tertiary alicyclic amines) is 1. The normalized spacial score (nSPS) is 16.8. The number of amides is 2. The number of methoxy groups -OCH3 is 2. The Balaban J connectivity index is 1.30. The number of urea groups is 1. The van der Waals surface area contributed by atoms with Gasteiger partial charge in [0.05, 0.1) is 37.5 Å². The predicted molar refractivity (Wildman–Crippen MR) is 171 cm³/mol. The van der Waals surface area contributed by atoms with Gasteiger partial charge < -0.3 is 20.1 Å². The lowest BCUT2D eigenvalue weighted by Crippen LogP contribution is -2.42. The van der Waals surface area contributed by atoms with Crippen molar-refractivity contribution in [2.45, 2.75) is 18.5 Å². The first kappa shape index (κ1) is 28.5. The summed E-state index contributed by atoms with van der Waals surface area (Å²) in [4.78, 5) is 16.0. The number of rotatable bonds is 10. The molecule has 220 valence electrons. The van der Waals surface area contributed by atoms with Crippen molar-refractivity contribution in [1.82, 2.24) is 20.0 Å². The highest BCUT2D eigenvalue weighted by Gasteiger charge is 2.34. The molecule has 0 saturated carbocycles. The molecule has 0 spiro atoms. The molecule has 43 heavy (non-hydrogen) atoms. The first-order valence-electron chi connectivity index (χ1n) is 14.6. The number of aromatic nitrogens is 2. The molecule has 2 atom stereocenters. The molecule has 1 aliphatic heterocycles. The first-order valence-corrected chi connectivity index (χ1v) is 14.6. The molecular formula is C35H37N5O3. The van der Waals surface area contributed by atoms with Gasteiger partial charge in [0.25, 0.3) is 0 Å². The fourth-order valence-corrected chi connectivity index (χ4v) is 5.96. The fourth-order valence-electron chi connectivity index (χ4n) is 5.96. The molecule has 0 unspecified atom stereocenters. The quantitative estimate of drug-likeness (QED) is 0.214. The third kappa shape index (κ3) is 6.40. The van der Waals surface area contributed by atoms with Crippen molar-refractivity contribution in [1.29, 1.82) is 0 Å². The van der Waals surface area contributed by atoms with E-state index in [-0.39, 0.29) is 18.0 Å². The van der Waals surface area contributed by atoms with E-state index in [1.165, 1.54) is 5.56 Å². The number of nitrogens with zero attached hydrogens (tertiary/aromatic N) is 3. The van der Waals surface area contributed by atoms with Crippen LogP contribution < -0.4 is 15.4 Å². The minimum Gasteiger partial charge on any atom is -0.497 e. The number of para-hydroxylation sites is 1. The second kappa shape index (κ2) is 13.1. The van der Waals surface area contributed by atoms with Crippen LogP contribution in [0.25, 0.3) is 22.2 Å². The molecule has 2 heterocycles. The lowest BCUT2D eigenvalue weighted by atomic mass is 9.94. The monoisotopic (exact) mass is 575 g/mol. The summed E-state index contributed by atoms with van der Waals surface area (Å²) in [7, 11) is 3.38. The highest BCUT2D eigenvalue weighted by molar-refractivity contribution is 6.04. The summed E-state index contributed by atoms with van der Waals surface area (Å²) in [6, 6.07) is 34.2. The number of anilines is 1. The summed E-state index contributed by atoms with van der Waals surface area (Å²) in [5, 5.41) is 12.5. The van der Waals surface area contributed by atoms with E-state index < -0.39 is 0 Å². The zero-order chi connectivity index (χ0) is 29.6. The number of hydrogen-bond acceptors (Lipinski definition) is 5. The standard InChI is InChI=1S/C35H37N5O3/c1-42-21-20-39-23-30(26-10-5-3-6-11-26)32(24-39)37-35(41)36-31-15-9-14-29-33(27-12-7-4-8-13-27)38-40(34(29)31)22-25-16-18-28(43-2)19-17-25/h3-19,30,32H,20-24H2,1-2H3,(H2,36,37,41)/t30-,32+/m0/s1. The number of benzene rings is 4. The number of nitrogens with one attached hydrogen (secondary N) is 2. The van der Waals surface area contributed by atoms with Crippen LogP contribution in [0, 0.1) is 0 Å². The number of ether oxygens (including phenoxy) is 2. The fraction of sp³-hybridized carbons (Fsp3) is 0.257. The highest BCUT2D eigenvalue weighted by Crippen LogP contribution is 2.33. The second-order valence-electron chi connectivity index (χ2n) is 10.9. The summed E-state index contributed by atoms with van der Waals surface area (Å²) in [5.74, 6) is 0.990. The van der Waals surface area contributed by atoms with Gasteiger partial charge in [-0.3, -0.25) is 9.58 Å². The minimum atomic E-state index is -0.231. The molecule has 4 aromatic carbocycles. The molecule has 5 aromatic rings. The Kier molecular flexibility index (Phi) is 8.67. The lowest BCUT2D eigenvalue weighted by Gasteiger charge is -2.21. The van der Waals surface area contributed by atoms with Gasteiger partial charge in [-0.15, -0.1) is 0 Å². The molecular weight excluding hydrogens is 538 g/mol. The third-order valence-corrected chi connectivity index (χ3v) is 8.11. The number of fused-ring (bicyclic) bond motifs is 1. The van der Waals surface area contributed by atoms with Crippen molar-refractivity contribution < 1.29 is 14.3 Å². The van der Waals surface area contributed by atoms with Crippen LogP contribution in [0.4, 0.5) is 10.5 Å². The Bertz CT molecular complexity index is 1650.